The molecule has 0 atom stereocenters. The van der Waals surface area contributed by atoms with Gasteiger partial charge in [0.1, 0.15) is 0 Å². The molecule has 0 aliphatic carbocycles. The minimum atomic E-state index is -1.54. The number of hydrogen-bond acceptors (Lipinski definition) is 0. The van der Waals surface area contributed by atoms with Crippen LogP contribution in [0.5, 0.6) is 0 Å². The Hall–Kier alpha value is -2.25. The standard InChI is InChI=1S/C25H17Cl3/c26-25(27,28)22-17-16-21(18-10-4-1-5-11-18)23(19-12-6-2-7-13-19)24(22)20-14-8-3-9-15-20/h1-17H. The summed E-state index contributed by atoms with van der Waals surface area (Å²) in [7, 11) is 0. The van der Waals surface area contributed by atoms with Crippen LogP contribution >= 0.6 is 34.8 Å². The third-order valence-electron chi connectivity index (χ3n) is 4.72. The molecule has 0 amide bonds. The van der Waals surface area contributed by atoms with Gasteiger partial charge in [0.2, 0.25) is 3.79 Å². The predicted octanol–water partition coefficient (Wildman–Crippen LogP) is 8.51. The fraction of sp³-hybridized carbons (Fsp3) is 0.0400. The van der Waals surface area contributed by atoms with Gasteiger partial charge < -0.3 is 0 Å². The molecule has 4 aromatic rings. The molecular formula is C25H17Cl3. The lowest BCUT2D eigenvalue weighted by Crippen LogP contribution is -2.05. The third kappa shape index (κ3) is 3.82. The van der Waals surface area contributed by atoms with Crippen molar-refractivity contribution in [2.24, 2.45) is 0 Å². The summed E-state index contributed by atoms with van der Waals surface area (Å²) in [5.74, 6) is 0. The predicted molar refractivity (Wildman–Crippen MR) is 122 cm³/mol. The van der Waals surface area contributed by atoms with Crippen molar-refractivity contribution in [2.75, 3.05) is 0 Å². The minimum absolute atomic E-state index is 0.669. The molecule has 3 heteroatoms. The Morgan fingerprint density at radius 3 is 1.32 bits per heavy atom. The van der Waals surface area contributed by atoms with Crippen LogP contribution in [0.15, 0.2) is 103 Å². The van der Waals surface area contributed by atoms with E-state index in [0.29, 0.717) is 5.56 Å². The Morgan fingerprint density at radius 1 is 0.429 bits per heavy atom. The molecule has 0 unspecified atom stereocenters. The smallest absolute Gasteiger partial charge is 0.0784 e. The SMILES string of the molecule is ClC(Cl)(Cl)c1ccc(-c2ccccc2)c(-c2ccccc2)c1-c1ccccc1. The van der Waals surface area contributed by atoms with Crippen LogP contribution in [0.25, 0.3) is 33.4 Å². The summed E-state index contributed by atoms with van der Waals surface area (Å²) >= 11 is 19.2. The van der Waals surface area contributed by atoms with Crippen LogP contribution in [0.2, 0.25) is 0 Å². The molecule has 0 N–H and O–H groups in total. The molecule has 0 fully saturated rings. The molecule has 4 rings (SSSR count). The van der Waals surface area contributed by atoms with Crippen LogP contribution in [0.1, 0.15) is 5.56 Å². The second-order valence-corrected chi connectivity index (χ2v) is 8.79. The molecule has 0 radical (unpaired) electrons. The molecule has 0 saturated carbocycles. The van der Waals surface area contributed by atoms with E-state index in [-0.39, 0.29) is 0 Å². The molecule has 0 spiro atoms. The van der Waals surface area contributed by atoms with Crippen molar-refractivity contribution >= 4 is 34.8 Å². The average molecular weight is 424 g/mol. The van der Waals surface area contributed by atoms with E-state index in [9.17, 15) is 0 Å². The Bertz CT molecular complexity index is 1070. The van der Waals surface area contributed by atoms with Crippen molar-refractivity contribution in [3.63, 3.8) is 0 Å². The molecule has 0 bridgehead atoms. The first-order chi connectivity index (χ1) is 13.6. The topological polar surface area (TPSA) is 0 Å². The summed E-state index contributed by atoms with van der Waals surface area (Å²) in [5, 5.41) is 0. The molecule has 0 aliphatic rings. The van der Waals surface area contributed by atoms with Gasteiger partial charge in [-0.1, -0.05) is 138 Å². The molecule has 138 valence electrons. The molecule has 0 aromatic heterocycles. The summed E-state index contributed by atoms with van der Waals surface area (Å²) in [6.07, 6.45) is 0. The molecule has 4 aromatic carbocycles. The van der Waals surface area contributed by atoms with E-state index in [0.717, 1.165) is 33.4 Å². The highest BCUT2D eigenvalue weighted by molar-refractivity contribution is 6.67. The maximum Gasteiger partial charge on any atom is 0.216 e. The maximum absolute atomic E-state index is 6.40. The number of halogens is 3. The zero-order chi connectivity index (χ0) is 19.6. The van der Waals surface area contributed by atoms with Crippen molar-refractivity contribution in [1.29, 1.82) is 0 Å². The van der Waals surface area contributed by atoms with Crippen molar-refractivity contribution in [2.45, 2.75) is 3.79 Å². The molecule has 0 heterocycles. The molecular weight excluding hydrogens is 407 g/mol. The average Bonchev–Trinajstić information content (AvgIpc) is 2.74. The Morgan fingerprint density at radius 2 is 0.857 bits per heavy atom. The van der Waals surface area contributed by atoms with Crippen molar-refractivity contribution in [1.82, 2.24) is 0 Å². The second-order valence-electron chi connectivity index (χ2n) is 6.51. The van der Waals surface area contributed by atoms with Crippen molar-refractivity contribution < 1.29 is 0 Å². The third-order valence-corrected chi connectivity index (χ3v) is 5.33. The van der Waals surface area contributed by atoms with Gasteiger partial charge in [-0.15, -0.1) is 0 Å². The van der Waals surface area contributed by atoms with Crippen LogP contribution in [-0.2, 0) is 3.79 Å². The number of alkyl halides is 3. The van der Waals surface area contributed by atoms with E-state index >= 15 is 0 Å². The largest absolute Gasteiger partial charge is 0.216 e. The van der Waals surface area contributed by atoms with E-state index in [1.807, 2.05) is 66.7 Å². The zero-order valence-electron chi connectivity index (χ0n) is 14.9. The number of hydrogen-bond donors (Lipinski definition) is 0. The van der Waals surface area contributed by atoms with Gasteiger partial charge in [0.15, 0.2) is 0 Å². The zero-order valence-corrected chi connectivity index (χ0v) is 17.2. The minimum Gasteiger partial charge on any atom is -0.0784 e. The van der Waals surface area contributed by atoms with Gasteiger partial charge in [-0.25, -0.2) is 0 Å². The first-order valence-corrected chi connectivity index (χ1v) is 10.1. The van der Waals surface area contributed by atoms with Gasteiger partial charge in [0, 0.05) is 5.56 Å². The van der Waals surface area contributed by atoms with Gasteiger partial charge in [-0.3, -0.25) is 0 Å². The lowest BCUT2D eigenvalue weighted by atomic mass is 9.85. The Labute approximate surface area is 180 Å². The number of benzene rings is 4. The summed E-state index contributed by atoms with van der Waals surface area (Å²) < 4.78 is -1.54. The molecule has 0 aliphatic heterocycles. The summed E-state index contributed by atoms with van der Waals surface area (Å²) in [6, 6.07) is 34.6. The van der Waals surface area contributed by atoms with Crippen LogP contribution in [-0.4, -0.2) is 0 Å². The van der Waals surface area contributed by atoms with E-state index < -0.39 is 3.79 Å². The first-order valence-electron chi connectivity index (χ1n) is 8.96. The highest BCUT2D eigenvalue weighted by Crippen LogP contribution is 2.49. The molecule has 0 nitrogen and oxygen atoms in total. The van der Waals surface area contributed by atoms with Gasteiger partial charge in [-0.05, 0) is 33.4 Å². The van der Waals surface area contributed by atoms with Crippen LogP contribution in [0.3, 0.4) is 0 Å². The normalized spacial score (nSPS) is 11.4. The van der Waals surface area contributed by atoms with Gasteiger partial charge in [0.05, 0.1) is 0 Å². The van der Waals surface area contributed by atoms with E-state index in [1.165, 1.54) is 0 Å². The summed E-state index contributed by atoms with van der Waals surface area (Å²) in [4.78, 5) is 0. The van der Waals surface area contributed by atoms with Gasteiger partial charge in [-0.2, -0.15) is 0 Å². The monoisotopic (exact) mass is 422 g/mol. The fourth-order valence-corrected chi connectivity index (χ4v) is 3.98. The van der Waals surface area contributed by atoms with Crippen LogP contribution in [0.4, 0.5) is 0 Å². The highest BCUT2D eigenvalue weighted by atomic mass is 35.6. The summed E-state index contributed by atoms with van der Waals surface area (Å²) in [6.45, 7) is 0. The van der Waals surface area contributed by atoms with Crippen molar-refractivity contribution in [3.05, 3.63) is 109 Å². The van der Waals surface area contributed by atoms with E-state index in [2.05, 4.69) is 36.4 Å². The second kappa shape index (κ2) is 8.01. The van der Waals surface area contributed by atoms with Crippen LogP contribution < -0.4 is 0 Å². The molecule has 0 saturated heterocycles. The first kappa shape index (κ1) is 19.1. The summed E-state index contributed by atoms with van der Waals surface area (Å²) in [5.41, 5.74) is 6.98. The maximum atomic E-state index is 6.40. The Balaban J connectivity index is 2.14. The van der Waals surface area contributed by atoms with Crippen LogP contribution in [0, 0.1) is 0 Å². The van der Waals surface area contributed by atoms with E-state index in [1.54, 1.807) is 0 Å². The lowest BCUT2D eigenvalue weighted by Gasteiger charge is -2.23. The van der Waals surface area contributed by atoms with Gasteiger partial charge in [0.25, 0.3) is 0 Å². The quantitative estimate of drug-likeness (QED) is 0.290. The highest BCUT2D eigenvalue weighted by Gasteiger charge is 2.30. The fourth-order valence-electron chi connectivity index (χ4n) is 3.51. The Kier molecular flexibility index (Phi) is 5.46. The van der Waals surface area contributed by atoms with Gasteiger partial charge >= 0.3 is 0 Å². The van der Waals surface area contributed by atoms with Crippen molar-refractivity contribution in [3.8, 4) is 33.4 Å². The molecule has 28 heavy (non-hydrogen) atoms. The lowest BCUT2D eigenvalue weighted by molar-refractivity contribution is 1.24. The van der Waals surface area contributed by atoms with E-state index in [4.69, 9.17) is 34.8 Å². The number of rotatable bonds is 3.